The molecule has 0 unspecified atom stereocenters. The fourth-order valence-electron chi connectivity index (χ4n) is 2.76. The first kappa shape index (κ1) is 15.1. The Morgan fingerprint density at radius 2 is 2.14 bits per heavy atom. The molecule has 3 rings (SSSR count). The number of methoxy groups -OCH3 is 2. The van der Waals surface area contributed by atoms with Crippen molar-refractivity contribution >= 4 is 11.6 Å². The molecule has 1 saturated heterocycles. The summed E-state index contributed by atoms with van der Waals surface area (Å²) >= 11 is 6.22. The Morgan fingerprint density at radius 3 is 2.77 bits per heavy atom. The topological polar surface area (TPSA) is 60.6 Å². The van der Waals surface area contributed by atoms with Crippen LogP contribution >= 0.6 is 11.6 Å². The quantitative estimate of drug-likeness (QED) is 0.861. The standard InChI is InChI=1S/C15H18ClN3O3/c1-19-6-4-5-11(19)15-17-14(18-22-15)9-7-10(16)13(21-3)12(8-9)20-2/h7-8,11H,4-6H2,1-3H3/t11-/m0/s1. The maximum atomic E-state index is 6.22. The van der Waals surface area contributed by atoms with E-state index in [4.69, 9.17) is 25.6 Å². The molecule has 0 radical (unpaired) electrons. The summed E-state index contributed by atoms with van der Waals surface area (Å²) in [5, 5.41) is 4.52. The van der Waals surface area contributed by atoms with Crippen LogP contribution in [0.2, 0.25) is 5.02 Å². The second-order valence-electron chi connectivity index (χ2n) is 5.29. The number of nitrogens with zero attached hydrogens (tertiary/aromatic N) is 3. The minimum Gasteiger partial charge on any atom is -0.493 e. The summed E-state index contributed by atoms with van der Waals surface area (Å²) in [6, 6.07) is 3.73. The van der Waals surface area contributed by atoms with Gasteiger partial charge in [-0.25, -0.2) is 0 Å². The fraction of sp³-hybridized carbons (Fsp3) is 0.467. The Labute approximate surface area is 134 Å². The maximum absolute atomic E-state index is 6.22. The van der Waals surface area contributed by atoms with Gasteiger partial charge in [-0.05, 0) is 38.6 Å². The van der Waals surface area contributed by atoms with Crippen LogP contribution in [-0.4, -0.2) is 42.9 Å². The summed E-state index contributed by atoms with van der Waals surface area (Å²) in [5.74, 6) is 2.17. The number of hydrogen-bond donors (Lipinski definition) is 0. The van der Waals surface area contributed by atoms with Gasteiger partial charge in [0.15, 0.2) is 11.5 Å². The molecule has 1 aliphatic heterocycles. The van der Waals surface area contributed by atoms with Crippen molar-refractivity contribution < 1.29 is 14.0 Å². The van der Waals surface area contributed by atoms with Crippen molar-refractivity contribution in [1.82, 2.24) is 15.0 Å². The Bertz CT molecular complexity index is 674. The molecule has 1 aromatic heterocycles. The van der Waals surface area contributed by atoms with Crippen molar-refractivity contribution in [2.45, 2.75) is 18.9 Å². The number of rotatable bonds is 4. The normalized spacial score (nSPS) is 18.6. The maximum Gasteiger partial charge on any atom is 0.244 e. The molecule has 7 heteroatoms. The third-order valence-electron chi connectivity index (χ3n) is 3.94. The van der Waals surface area contributed by atoms with Crippen LogP contribution in [0.1, 0.15) is 24.8 Å². The molecule has 0 N–H and O–H groups in total. The van der Waals surface area contributed by atoms with Crippen molar-refractivity contribution in [2.75, 3.05) is 27.8 Å². The van der Waals surface area contributed by atoms with Gasteiger partial charge in [-0.1, -0.05) is 16.8 Å². The highest BCUT2D eigenvalue weighted by molar-refractivity contribution is 6.32. The van der Waals surface area contributed by atoms with Crippen LogP contribution in [0.3, 0.4) is 0 Å². The number of halogens is 1. The van der Waals surface area contributed by atoms with Crippen LogP contribution < -0.4 is 9.47 Å². The number of likely N-dealkylation sites (tertiary alicyclic amines) is 1. The summed E-state index contributed by atoms with van der Waals surface area (Å²) in [7, 11) is 5.17. The van der Waals surface area contributed by atoms with Crippen LogP contribution in [0, 0.1) is 0 Å². The summed E-state index contributed by atoms with van der Waals surface area (Å²) in [4.78, 5) is 6.73. The van der Waals surface area contributed by atoms with E-state index in [0.29, 0.717) is 28.2 Å². The molecule has 22 heavy (non-hydrogen) atoms. The molecule has 0 bridgehead atoms. The Balaban J connectivity index is 1.95. The van der Waals surface area contributed by atoms with Crippen molar-refractivity contribution in [2.24, 2.45) is 0 Å². The molecular formula is C15H18ClN3O3. The zero-order valence-electron chi connectivity index (χ0n) is 12.8. The van der Waals surface area contributed by atoms with Gasteiger partial charge < -0.3 is 14.0 Å². The summed E-state index contributed by atoms with van der Waals surface area (Å²) in [6.07, 6.45) is 2.17. The molecule has 6 nitrogen and oxygen atoms in total. The van der Waals surface area contributed by atoms with E-state index in [1.807, 2.05) is 0 Å². The SMILES string of the molecule is COc1cc(-c2noc([C@@H]3CCCN3C)n2)cc(Cl)c1OC. The highest BCUT2D eigenvalue weighted by Crippen LogP contribution is 2.39. The smallest absolute Gasteiger partial charge is 0.244 e. The molecule has 118 valence electrons. The molecule has 1 atom stereocenters. The van der Waals surface area contributed by atoms with Crippen LogP contribution in [0.5, 0.6) is 11.5 Å². The van der Waals surface area contributed by atoms with Crippen molar-refractivity contribution in [3.63, 3.8) is 0 Å². The minimum absolute atomic E-state index is 0.192. The lowest BCUT2D eigenvalue weighted by Crippen LogP contribution is -2.17. The monoisotopic (exact) mass is 323 g/mol. The summed E-state index contributed by atoms with van der Waals surface area (Å²) < 4.78 is 16.0. The van der Waals surface area contributed by atoms with Gasteiger partial charge in [0, 0.05) is 5.56 Å². The molecule has 2 heterocycles. The number of ether oxygens (including phenoxy) is 2. The Kier molecular flexibility index (Phi) is 4.22. The molecule has 1 aromatic carbocycles. The summed E-state index contributed by atoms with van der Waals surface area (Å²) in [5.41, 5.74) is 0.735. The van der Waals surface area contributed by atoms with Gasteiger partial charge in [-0.2, -0.15) is 4.98 Å². The molecule has 0 aliphatic carbocycles. The van der Waals surface area contributed by atoms with Gasteiger partial charge in [0.2, 0.25) is 11.7 Å². The first-order valence-electron chi connectivity index (χ1n) is 7.09. The predicted molar refractivity (Wildman–Crippen MR) is 82.5 cm³/mol. The van der Waals surface area contributed by atoms with Gasteiger partial charge in [-0.3, -0.25) is 4.90 Å². The fourth-order valence-corrected chi connectivity index (χ4v) is 3.04. The molecule has 1 aliphatic rings. The number of aromatic nitrogens is 2. The first-order valence-corrected chi connectivity index (χ1v) is 7.47. The average Bonchev–Trinajstić information content (AvgIpc) is 3.14. The van der Waals surface area contributed by atoms with E-state index in [1.165, 1.54) is 0 Å². The average molecular weight is 324 g/mol. The molecule has 2 aromatic rings. The van der Waals surface area contributed by atoms with Gasteiger partial charge >= 0.3 is 0 Å². The van der Waals surface area contributed by atoms with Gasteiger partial charge in [-0.15, -0.1) is 0 Å². The largest absolute Gasteiger partial charge is 0.493 e. The zero-order valence-corrected chi connectivity index (χ0v) is 13.6. The molecule has 0 saturated carbocycles. The zero-order chi connectivity index (χ0) is 15.7. The highest BCUT2D eigenvalue weighted by Gasteiger charge is 2.28. The van der Waals surface area contributed by atoms with Crippen LogP contribution in [0.15, 0.2) is 16.7 Å². The number of benzene rings is 1. The number of hydrogen-bond acceptors (Lipinski definition) is 6. The van der Waals surface area contributed by atoms with E-state index in [9.17, 15) is 0 Å². The second-order valence-corrected chi connectivity index (χ2v) is 5.70. The van der Waals surface area contributed by atoms with Crippen LogP contribution in [-0.2, 0) is 0 Å². The molecule has 0 spiro atoms. The van der Waals surface area contributed by atoms with E-state index >= 15 is 0 Å². The summed E-state index contributed by atoms with van der Waals surface area (Å²) in [6.45, 7) is 1.05. The van der Waals surface area contributed by atoms with E-state index in [2.05, 4.69) is 22.1 Å². The Hall–Kier alpha value is -1.79. The Morgan fingerprint density at radius 1 is 1.32 bits per heavy atom. The highest BCUT2D eigenvalue weighted by atomic mass is 35.5. The third kappa shape index (κ3) is 2.64. The van der Waals surface area contributed by atoms with Gasteiger partial charge in [0.05, 0.1) is 25.3 Å². The van der Waals surface area contributed by atoms with E-state index in [0.717, 1.165) is 24.9 Å². The van der Waals surface area contributed by atoms with Crippen molar-refractivity contribution in [1.29, 1.82) is 0 Å². The lowest BCUT2D eigenvalue weighted by molar-refractivity contribution is 0.245. The lowest BCUT2D eigenvalue weighted by atomic mass is 10.2. The third-order valence-corrected chi connectivity index (χ3v) is 4.22. The molecular weight excluding hydrogens is 306 g/mol. The molecule has 1 fully saturated rings. The predicted octanol–water partition coefficient (Wildman–Crippen LogP) is 3.17. The second kappa shape index (κ2) is 6.14. The van der Waals surface area contributed by atoms with Crippen molar-refractivity contribution in [3.8, 4) is 22.9 Å². The first-order chi connectivity index (χ1) is 10.6. The molecule has 0 amide bonds. The van der Waals surface area contributed by atoms with Gasteiger partial charge in [0.25, 0.3) is 0 Å². The minimum atomic E-state index is 0.192. The van der Waals surface area contributed by atoms with Crippen molar-refractivity contribution in [3.05, 3.63) is 23.0 Å². The van der Waals surface area contributed by atoms with E-state index in [-0.39, 0.29) is 6.04 Å². The van der Waals surface area contributed by atoms with E-state index < -0.39 is 0 Å². The lowest BCUT2D eigenvalue weighted by Gasteiger charge is -2.14. The van der Waals surface area contributed by atoms with Crippen LogP contribution in [0.4, 0.5) is 0 Å². The van der Waals surface area contributed by atoms with Gasteiger partial charge in [0.1, 0.15) is 0 Å². The van der Waals surface area contributed by atoms with Crippen LogP contribution in [0.25, 0.3) is 11.4 Å². The van der Waals surface area contributed by atoms with E-state index in [1.54, 1.807) is 26.4 Å².